The van der Waals surface area contributed by atoms with Gasteiger partial charge in [-0.2, -0.15) is 0 Å². The third-order valence-corrected chi connectivity index (χ3v) is 3.59. The molecule has 0 aliphatic carbocycles. The van der Waals surface area contributed by atoms with Crippen LogP contribution in [-0.4, -0.2) is 24.4 Å². The Bertz CT molecular complexity index is 573. The molecule has 1 atom stereocenters. The molecule has 4 nitrogen and oxygen atoms in total. The highest BCUT2D eigenvalue weighted by Crippen LogP contribution is 2.24. The van der Waals surface area contributed by atoms with Crippen LogP contribution in [0.15, 0.2) is 40.8 Å². The van der Waals surface area contributed by atoms with Gasteiger partial charge in [0.1, 0.15) is 11.5 Å². The number of aliphatic hydroxyl groups is 1. The molecule has 0 spiro atoms. The second-order valence-corrected chi connectivity index (χ2v) is 6.01. The summed E-state index contributed by atoms with van der Waals surface area (Å²) in [5.74, 6) is 1.77. The minimum Gasteiger partial charge on any atom is -0.460 e. The van der Waals surface area contributed by atoms with E-state index in [1.807, 2.05) is 50.2 Å². The molecule has 0 aliphatic rings. The summed E-state index contributed by atoms with van der Waals surface area (Å²) in [4.78, 5) is 0. The third kappa shape index (κ3) is 5.82. The zero-order chi connectivity index (χ0) is 16.7. The molecule has 0 bridgehead atoms. The lowest BCUT2D eigenvalue weighted by Gasteiger charge is -2.07. The predicted octanol–water partition coefficient (Wildman–Crippen LogP) is 3.90. The molecule has 1 aromatic carbocycles. The fourth-order valence-electron chi connectivity index (χ4n) is 2.28. The monoisotopic (exact) mass is 317 g/mol. The highest BCUT2D eigenvalue weighted by Gasteiger charge is 2.06. The molecule has 2 aromatic rings. The molecule has 126 valence electrons. The zero-order valence-corrected chi connectivity index (χ0v) is 14.2. The molecule has 1 unspecified atom stereocenters. The molecule has 0 saturated heterocycles. The average molecular weight is 317 g/mol. The van der Waals surface area contributed by atoms with Gasteiger partial charge < -0.3 is 19.6 Å². The summed E-state index contributed by atoms with van der Waals surface area (Å²) in [5, 5.41) is 12.9. The van der Waals surface area contributed by atoms with Crippen LogP contribution in [0.25, 0.3) is 11.3 Å². The van der Waals surface area contributed by atoms with E-state index < -0.39 is 6.10 Å². The van der Waals surface area contributed by atoms with Gasteiger partial charge in [0, 0.05) is 12.2 Å². The Morgan fingerprint density at radius 2 is 1.83 bits per heavy atom. The number of furan rings is 1. The molecular formula is C19H27NO3. The first-order chi connectivity index (χ1) is 11.1. The SMILES string of the molecule is CC(C)OCCCNCc1ccc(-c2ccc(C(C)O)cc2)o1. The zero-order valence-electron chi connectivity index (χ0n) is 14.2. The molecule has 0 amide bonds. The summed E-state index contributed by atoms with van der Waals surface area (Å²) < 4.78 is 11.4. The van der Waals surface area contributed by atoms with Crippen LogP contribution in [0.5, 0.6) is 0 Å². The largest absolute Gasteiger partial charge is 0.460 e. The smallest absolute Gasteiger partial charge is 0.134 e. The number of nitrogens with one attached hydrogen (secondary N) is 1. The second-order valence-electron chi connectivity index (χ2n) is 6.01. The normalized spacial score (nSPS) is 12.7. The summed E-state index contributed by atoms with van der Waals surface area (Å²) in [6.07, 6.45) is 0.843. The van der Waals surface area contributed by atoms with Crippen molar-refractivity contribution in [2.45, 2.75) is 45.9 Å². The first-order valence-corrected chi connectivity index (χ1v) is 8.25. The van der Waals surface area contributed by atoms with Crippen molar-refractivity contribution >= 4 is 0 Å². The van der Waals surface area contributed by atoms with Gasteiger partial charge in [0.15, 0.2) is 0 Å². The molecule has 0 fully saturated rings. The summed E-state index contributed by atoms with van der Waals surface area (Å²) in [6.45, 7) is 8.26. The summed E-state index contributed by atoms with van der Waals surface area (Å²) >= 11 is 0. The molecule has 0 aliphatic heterocycles. The van der Waals surface area contributed by atoms with E-state index in [0.29, 0.717) is 12.6 Å². The van der Waals surface area contributed by atoms with Crippen molar-refractivity contribution in [1.82, 2.24) is 5.32 Å². The predicted molar refractivity (Wildman–Crippen MR) is 92.2 cm³/mol. The number of aliphatic hydroxyl groups excluding tert-OH is 1. The highest BCUT2D eigenvalue weighted by atomic mass is 16.5. The molecule has 2 N–H and O–H groups in total. The van der Waals surface area contributed by atoms with E-state index in [4.69, 9.17) is 9.15 Å². The Morgan fingerprint density at radius 1 is 1.09 bits per heavy atom. The van der Waals surface area contributed by atoms with Crippen molar-refractivity contribution in [1.29, 1.82) is 0 Å². The van der Waals surface area contributed by atoms with Crippen molar-refractivity contribution in [3.8, 4) is 11.3 Å². The van der Waals surface area contributed by atoms with Gasteiger partial charge in [0.25, 0.3) is 0 Å². The maximum atomic E-state index is 9.54. The molecule has 2 rings (SSSR count). The molecule has 4 heteroatoms. The van der Waals surface area contributed by atoms with Gasteiger partial charge in [-0.05, 0) is 51.4 Å². The molecular weight excluding hydrogens is 290 g/mol. The van der Waals surface area contributed by atoms with Crippen molar-refractivity contribution in [2.24, 2.45) is 0 Å². The number of benzene rings is 1. The first-order valence-electron chi connectivity index (χ1n) is 8.25. The van der Waals surface area contributed by atoms with Gasteiger partial charge in [0.2, 0.25) is 0 Å². The van der Waals surface area contributed by atoms with Crippen molar-refractivity contribution in [2.75, 3.05) is 13.2 Å². The van der Waals surface area contributed by atoms with Crippen LogP contribution < -0.4 is 5.32 Å². The fourth-order valence-corrected chi connectivity index (χ4v) is 2.28. The van der Waals surface area contributed by atoms with E-state index in [1.165, 1.54) is 0 Å². The quantitative estimate of drug-likeness (QED) is 0.689. The molecule has 23 heavy (non-hydrogen) atoms. The number of hydrogen-bond donors (Lipinski definition) is 2. The topological polar surface area (TPSA) is 54.6 Å². The van der Waals surface area contributed by atoms with Gasteiger partial charge in [-0.25, -0.2) is 0 Å². The van der Waals surface area contributed by atoms with Crippen LogP contribution in [-0.2, 0) is 11.3 Å². The molecule has 1 heterocycles. The molecule has 1 aromatic heterocycles. The lowest BCUT2D eigenvalue weighted by atomic mass is 10.1. The average Bonchev–Trinajstić information content (AvgIpc) is 2.99. The van der Waals surface area contributed by atoms with E-state index in [9.17, 15) is 5.11 Å². The number of ether oxygens (including phenoxy) is 1. The van der Waals surface area contributed by atoms with E-state index in [1.54, 1.807) is 6.92 Å². The van der Waals surface area contributed by atoms with Crippen molar-refractivity contribution in [3.63, 3.8) is 0 Å². The molecule has 0 radical (unpaired) electrons. The lowest BCUT2D eigenvalue weighted by Crippen LogP contribution is -2.17. The van der Waals surface area contributed by atoms with Crippen LogP contribution in [0.2, 0.25) is 0 Å². The Balaban J connectivity index is 1.79. The highest BCUT2D eigenvalue weighted by molar-refractivity contribution is 5.58. The summed E-state index contributed by atoms with van der Waals surface area (Å²) in [7, 11) is 0. The standard InChI is InChI=1S/C19H27NO3/c1-14(2)22-12-4-11-20-13-18-9-10-19(23-18)17-7-5-16(6-8-17)15(3)21/h5-10,14-15,20-21H,4,11-13H2,1-3H3. The van der Waals surface area contributed by atoms with E-state index >= 15 is 0 Å². The maximum absolute atomic E-state index is 9.54. The Labute approximate surface area is 138 Å². The minimum atomic E-state index is -0.444. The Kier molecular flexibility index (Phi) is 6.84. The Morgan fingerprint density at radius 3 is 2.48 bits per heavy atom. The van der Waals surface area contributed by atoms with E-state index in [2.05, 4.69) is 5.32 Å². The van der Waals surface area contributed by atoms with Gasteiger partial charge in [-0.1, -0.05) is 24.3 Å². The number of hydrogen-bond acceptors (Lipinski definition) is 4. The van der Waals surface area contributed by atoms with Crippen molar-refractivity contribution in [3.05, 3.63) is 47.7 Å². The fraction of sp³-hybridized carbons (Fsp3) is 0.474. The van der Waals surface area contributed by atoms with Crippen LogP contribution in [0, 0.1) is 0 Å². The van der Waals surface area contributed by atoms with Gasteiger partial charge in [-0.3, -0.25) is 0 Å². The van der Waals surface area contributed by atoms with Crippen molar-refractivity contribution < 1.29 is 14.3 Å². The summed E-state index contributed by atoms with van der Waals surface area (Å²) in [5.41, 5.74) is 1.93. The maximum Gasteiger partial charge on any atom is 0.134 e. The van der Waals surface area contributed by atoms with Crippen LogP contribution in [0.3, 0.4) is 0 Å². The third-order valence-electron chi connectivity index (χ3n) is 3.59. The molecule has 0 saturated carbocycles. The second kappa shape index (κ2) is 8.87. The van der Waals surface area contributed by atoms with Gasteiger partial charge >= 0.3 is 0 Å². The van der Waals surface area contributed by atoms with Crippen LogP contribution in [0.1, 0.15) is 44.6 Å². The number of rotatable bonds is 9. The first kappa shape index (κ1) is 17.7. The van der Waals surface area contributed by atoms with E-state index in [0.717, 1.165) is 42.2 Å². The lowest BCUT2D eigenvalue weighted by molar-refractivity contribution is 0.0770. The summed E-state index contributed by atoms with van der Waals surface area (Å²) in [6, 6.07) is 11.8. The van der Waals surface area contributed by atoms with Crippen LogP contribution in [0.4, 0.5) is 0 Å². The van der Waals surface area contributed by atoms with E-state index in [-0.39, 0.29) is 0 Å². The van der Waals surface area contributed by atoms with Gasteiger partial charge in [0.05, 0.1) is 18.8 Å². The Hall–Kier alpha value is -1.62. The minimum absolute atomic E-state index is 0.294. The van der Waals surface area contributed by atoms with Gasteiger partial charge in [-0.15, -0.1) is 0 Å². The van der Waals surface area contributed by atoms with Crippen LogP contribution >= 0.6 is 0 Å².